The number of rotatable bonds is 2. The summed E-state index contributed by atoms with van der Waals surface area (Å²) in [7, 11) is 0. The van der Waals surface area contributed by atoms with E-state index in [1.54, 1.807) is 0 Å². The molecule has 0 spiro atoms. The minimum absolute atomic E-state index is 0.129. The first-order valence-corrected chi connectivity index (χ1v) is 5.21. The molecule has 2 aromatic carbocycles. The minimum atomic E-state index is 0.129. The predicted molar refractivity (Wildman–Crippen MR) is 68.2 cm³/mol. The van der Waals surface area contributed by atoms with Crippen LogP contribution >= 0.6 is 0 Å². The van der Waals surface area contributed by atoms with Gasteiger partial charge in [0.15, 0.2) is 5.96 Å². The maximum atomic E-state index is 5.34. The highest BCUT2D eigenvalue weighted by atomic mass is 15.0. The third-order valence-electron chi connectivity index (χ3n) is 2.66. The molecule has 3 nitrogen and oxygen atoms in total. The molecule has 82 valence electrons. The fraction of sp³-hybridized carbons (Fsp3) is 0.154. The van der Waals surface area contributed by atoms with Crippen LogP contribution in [0.4, 0.5) is 0 Å². The third kappa shape index (κ3) is 1.98. The number of nitrogens with two attached hydrogens (primary N) is 2. The van der Waals surface area contributed by atoms with Crippen LogP contribution in [0.3, 0.4) is 0 Å². The monoisotopic (exact) mass is 213 g/mol. The van der Waals surface area contributed by atoms with Crippen LogP contribution in [0.1, 0.15) is 11.1 Å². The summed E-state index contributed by atoms with van der Waals surface area (Å²) in [4.78, 5) is 4.05. The summed E-state index contributed by atoms with van der Waals surface area (Å²) in [6.07, 6.45) is 0. The second-order valence-electron chi connectivity index (χ2n) is 3.83. The number of hydrogen-bond donors (Lipinski definition) is 2. The Hall–Kier alpha value is -2.03. The molecule has 0 atom stereocenters. The van der Waals surface area contributed by atoms with Gasteiger partial charge in [-0.1, -0.05) is 36.4 Å². The summed E-state index contributed by atoms with van der Waals surface area (Å²) in [5.74, 6) is 0.129. The number of fused-ring (bicyclic) bond motifs is 1. The van der Waals surface area contributed by atoms with Crippen molar-refractivity contribution in [2.75, 3.05) is 0 Å². The van der Waals surface area contributed by atoms with E-state index in [0.717, 1.165) is 5.56 Å². The molecule has 2 rings (SSSR count). The van der Waals surface area contributed by atoms with Crippen molar-refractivity contribution in [1.82, 2.24) is 0 Å². The number of guanidine groups is 1. The summed E-state index contributed by atoms with van der Waals surface area (Å²) in [5, 5.41) is 2.47. The largest absolute Gasteiger partial charge is 0.370 e. The first kappa shape index (κ1) is 10.5. The SMILES string of the molecule is Cc1cccc2c(CN=C(N)N)cccc12. The van der Waals surface area contributed by atoms with Gasteiger partial charge in [-0.15, -0.1) is 0 Å². The molecule has 3 heteroatoms. The zero-order chi connectivity index (χ0) is 11.5. The summed E-state index contributed by atoms with van der Waals surface area (Å²) >= 11 is 0. The van der Waals surface area contributed by atoms with Crippen molar-refractivity contribution in [3.8, 4) is 0 Å². The zero-order valence-corrected chi connectivity index (χ0v) is 9.27. The Morgan fingerprint density at radius 2 is 1.75 bits per heavy atom. The van der Waals surface area contributed by atoms with Crippen LogP contribution in [-0.4, -0.2) is 5.96 Å². The van der Waals surface area contributed by atoms with Crippen molar-refractivity contribution in [3.63, 3.8) is 0 Å². The average Bonchev–Trinajstić information content (AvgIpc) is 2.27. The fourth-order valence-electron chi connectivity index (χ4n) is 1.85. The van der Waals surface area contributed by atoms with E-state index in [-0.39, 0.29) is 5.96 Å². The first-order chi connectivity index (χ1) is 7.68. The van der Waals surface area contributed by atoms with E-state index in [9.17, 15) is 0 Å². The van der Waals surface area contributed by atoms with Crippen LogP contribution in [0.25, 0.3) is 10.8 Å². The Morgan fingerprint density at radius 3 is 2.50 bits per heavy atom. The molecule has 0 saturated carbocycles. The fourth-order valence-corrected chi connectivity index (χ4v) is 1.85. The van der Waals surface area contributed by atoms with Gasteiger partial charge in [0, 0.05) is 0 Å². The predicted octanol–water partition coefficient (Wildman–Crippen LogP) is 1.92. The number of nitrogens with zero attached hydrogens (tertiary/aromatic N) is 1. The molecule has 0 bridgehead atoms. The van der Waals surface area contributed by atoms with Crippen molar-refractivity contribution in [3.05, 3.63) is 47.5 Å². The molecule has 0 heterocycles. The normalized spacial score (nSPS) is 10.3. The average molecular weight is 213 g/mol. The van der Waals surface area contributed by atoms with Gasteiger partial charge in [0.05, 0.1) is 6.54 Å². The van der Waals surface area contributed by atoms with Gasteiger partial charge in [0.2, 0.25) is 0 Å². The highest BCUT2D eigenvalue weighted by Gasteiger charge is 2.01. The number of aryl methyl sites for hydroxylation is 1. The lowest BCUT2D eigenvalue weighted by Crippen LogP contribution is -2.22. The van der Waals surface area contributed by atoms with Gasteiger partial charge in [0.25, 0.3) is 0 Å². The Labute approximate surface area is 94.8 Å². The maximum Gasteiger partial charge on any atom is 0.186 e. The molecule has 0 radical (unpaired) electrons. The lowest BCUT2D eigenvalue weighted by atomic mass is 10.0. The quantitative estimate of drug-likeness (QED) is 0.591. The molecule has 0 aliphatic rings. The van der Waals surface area contributed by atoms with Crippen molar-refractivity contribution >= 4 is 16.7 Å². The van der Waals surface area contributed by atoms with E-state index in [4.69, 9.17) is 11.5 Å². The van der Waals surface area contributed by atoms with E-state index < -0.39 is 0 Å². The molecule has 2 aromatic rings. The highest BCUT2D eigenvalue weighted by molar-refractivity contribution is 5.88. The summed E-state index contributed by atoms with van der Waals surface area (Å²) in [6.45, 7) is 2.63. The van der Waals surface area contributed by atoms with E-state index in [0.29, 0.717) is 6.54 Å². The summed E-state index contributed by atoms with van der Waals surface area (Å²) < 4.78 is 0. The molecule has 4 N–H and O–H groups in total. The van der Waals surface area contributed by atoms with Crippen LogP contribution in [0.15, 0.2) is 41.4 Å². The Morgan fingerprint density at radius 1 is 1.06 bits per heavy atom. The van der Waals surface area contributed by atoms with E-state index >= 15 is 0 Å². The van der Waals surface area contributed by atoms with Gasteiger partial charge in [-0.3, -0.25) is 0 Å². The zero-order valence-electron chi connectivity index (χ0n) is 9.27. The number of benzene rings is 2. The van der Waals surface area contributed by atoms with Crippen LogP contribution in [0.2, 0.25) is 0 Å². The Kier molecular flexibility index (Phi) is 2.77. The number of hydrogen-bond acceptors (Lipinski definition) is 1. The summed E-state index contributed by atoms with van der Waals surface area (Å²) in [6, 6.07) is 12.5. The second-order valence-corrected chi connectivity index (χ2v) is 3.83. The molecule has 16 heavy (non-hydrogen) atoms. The molecular weight excluding hydrogens is 198 g/mol. The van der Waals surface area contributed by atoms with Crippen LogP contribution in [-0.2, 0) is 6.54 Å². The van der Waals surface area contributed by atoms with Gasteiger partial charge in [-0.05, 0) is 28.8 Å². The lowest BCUT2D eigenvalue weighted by Gasteiger charge is -2.06. The maximum absolute atomic E-state index is 5.34. The van der Waals surface area contributed by atoms with E-state index in [1.807, 2.05) is 12.1 Å². The molecule has 0 saturated heterocycles. The molecule has 0 aromatic heterocycles. The lowest BCUT2D eigenvalue weighted by molar-refractivity contribution is 1.07. The molecule has 0 amide bonds. The van der Waals surface area contributed by atoms with Gasteiger partial charge < -0.3 is 11.5 Å². The van der Waals surface area contributed by atoms with Crippen molar-refractivity contribution in [1.29, 1.82) is 0 Å². The molecular formula is C13H15N3. The van der Waals surface area contributed by atoms with Crippen molar-refractivity contribution < 1.29 is 0 Å². The Bertz CT molecular complexity index is 540. The highest BCUT2D eigenvalue weighted by Crippen LogP contribution is 2.22. The van der Waals surface area contributed by atoms with Crippen molar-refractivity contribution in [2.45, 2.75) is 13.5 Å². The van der Waals surface area contributed by atoms with Gasteiger partial charge in [-0.2, -0.15) is 0 Å². The molecule has 0 aliphatic heterocycles. The van der Waals surface area contributed by atoms with E-state index in [1.165, 1.54) is 16.3 Å². The van der Waals surface area contributed by atoms with Crippen LogP contribution in [0, 0.1) is 6.92 Å². The Balaban J connectivity index is 2.54. The van der Waals surface area contributed by atoms with Crippen LogP contribution < -0.4 is 11.5 Å². The summed E-state index contributed by atoms with van der Waals surface area (Å²) in [5.41, 5.74) is 13.1. The number of aliphatic imine (C=N–C) groups is 1. The van der Waals surface area contributed by atoms with Crippen molar-refractivity contribution in [2.24, 2.45) is 16.5 Å². The molecule has 0 fully saturated rings. The van der Waals surface area contributed by atoms with Gasteiger partial charge >= 0.3 is 0 Å². The van der Waals surface area contributed by atoms with Gasteiger partial charge in [-0.25, -0.2) is 4.99 Å². The first-order valence-electron chi connectivity index (χ1n) is 5.21. The molecule has 0 unspecified atom stereocenters. The second kappa shape index (κ2) is 4.23. The smallest absolute Gasteiger partial charge is 0.186 e. The van der Waals surface area contributed by atoms with Crippen LogP contribution in [0.5, 0.6) is 0 Å². The van der Waals surface area contributed by atoms with E-state index in [2.05, 4.69) is 36.2 Å². The molecule has 0 aliphatic carbocycles. The topological polar surface area (TPSA) is 64.4 Å². The third-order valence-corrected chi connectivity index (χ3v) is 2.66. The standard InChI is InChI=1S/C13H15N3/c1-9-4-2-7-12-10(8-16-13(14)15)5-3-6-11(9)12/h2-7H,8H2,1H3,(H4,14,15,16). The minimum Gasteiger partial charge on any atom is -0.370 e. The van der Waals surface area contributed by atoms with Gasteiger partial charge in [0.1, 0.15) is 0 Å².